The fourth-order valence-corrected chi connectivity index (χ4v) is 4.35. The molecular formula is C19H15N3O2S. The monoisotopic (exact) mass is 349 g/mol. The molecule has 1 aliphatic rings. The molecule has 0 spiro atoms. The van der Waals surface area contributed by atoms with Gasteiger partial charge in [0.15, 0.2) is 0 Å². The molecule has 0 radical (unpaired) electrons. The fraction of sp³-hybridized carbons (Fsp3) is 0.158. The standard InChI is InChI=1S/C19H15N3O2S/c23-19-18-17(12-5-1-3-7-14(12)24-18)20-16(21-19)11-22-9-10-25-15-8-4-2-6-13(15)22/h1-8H,9-11H2,(H,20,21,23). The summed E-state index contributed by atoms with van der Waals surface area (Å²) in [5.74, 6) is 1.68. The second-order valence-electron chi connectivity index (χ2n) is 6.03. The number of nitrogens with one attached hydrogen (secondary N) is 1. The van der Waals surface area contributed by atoms with Crippen molar-refractivity contribution in [3.05, 3.63) is 64.7 Å². The first-order chi connectivity index (χ1) is 12.3. The van der Waals surface area contributed by atoms with E-state index in [9.17, 15) is 4.79 Å². The Bertz CT molecular complexity index is 1150. The van der Waals surface area contributed by atoms with Crippen LogP contribution in [0.3, 0.4) is 0 Å². The highest BCUT2D eigenvalue weighted by Gasteiger charge is 2.19. The molecule has 25 heavy (non-hydrogen) atoms. The largest absolute Gasteiger partial charge is 0.449 e. The number of H-pyrrole nitrogens is 1. The number of hydrogen-bond acceptors (Lipinski definition) is 5. The van der Waals surface area contributed by atoms with E-state index in [0.29, 0.717) is 29.1 Å². The third-order valence-corrected chi connectivity index (χ3v) is 5.49. The number of aromatic amines is 1. The molecule has 5 rings (SSSR count). The van der Waals surface area contributed by atoms with E-state index in [-0.39, 0.29) is 5.56 Å². The van der Waals surface area contributed by atoms with Gasteiger partial charge in [-0.1, -0.05) is 24.3 Å². The first-order valence-electron chi connectivity index (χ1n) is 8.17. The molecule has 0 bridgehead atoms. The highest BCUT2D eigenvalue weighted by Crippen LogP contribution is 2.35. The summed E-state index contributed by atoms with van der Waals surface area (Å²) in [5.41, 5.74) is 2.58. The van der Waals surface area contributed by atoms with E-state index < -0.39 is 0 Å². The van der Waals surface area contributed by atoms with Crippen molar-refractivity contribution in [2.45, 2.75) is 11.4 Å². The zero-order valence-electron chi connectivity index (χ0n) is 13.4. The van der Waals surface area contributed by atoms with Crippen LogP contribution < -0.4 is 10.5 Å². The molecule has 6 heteroatoms. The second-order valence-corrected chi connectivity index (χ2v) is 7.16. The number of anilines is 1. The predicted molar refractivity (Wildman–Crippen MR) is 100 cm³/mol. The molecule has 5 nitrogen and oxygen atoms in total. The van der Waals surface area contributed by atoms with Gasteiger partial charge in [-0.05, 0) is 24.3 Å². The van der Waals surface area contributed by atoms with Gasteiger partial charge in [0, 0.05) is 22.6 Å². The lowest BCUT2D eigenvalue weighted by atomic mass is 10.2. The van der Waals surface area contributed by atoms with Gasteiger partial charge in [0.05, 0.1) is 12.2 Å². The van der Waals surface area contributed by atoms with E-state index in [1.165, 1.54) is 10.6 Å². The molecule has 1 N–H and O–H groups in total. The Labute approximate surface area is 147 Å². The maximum absolute atomic E-state index is 12.4. The Hall–Kier alpha value is -2.73. The van der Waals surface area contributed by atoms with Gasteiger partial charge < -0.3 is 14.3 Å². The number of fused-ring (bicyclic) bond motifs is 4. The average Bonchev–Trinajstić information content (AvgIpc) is 3.02. The zero-order valence-corrected chi connectivity index (χ0v) is 14.2. The number of para-hydroxylation sites is 2. The van der Waals surface area contributed by atoms with Crippen LogP contribution in [0.4, 0.5) is 5.69 Å². The molecule has 0 atom stereocenters. The number of aromatic nitrogens is 2. The second kappa shape index (κ2) is 5.67. The molecule has 0 amide bonds. The molecule has 2 aromatic carbocycles. The SMILES string of the molecule is O=c1[nH]c(CN2CCSc3ccccc32)nc2c1oc1ccccc12. The van der Waals surface area contributed by atoms with Crippen molar-refractivity contribution >= 4 is 39.5 Å². The Morgan fingerprint density at radius 1 is 1.16 bits per heavy atom. The Morgan fingerprint density at radius 2 is 2.00 bits per heavy atom. The van der Waals surface area contributed by atoms with Crippen molar-refractivity contribution in [3.8, 4) is 0 Å². The van der Waals surface area contributed by atoms with Crippen LogP contribution in [0.5, 0.6) is 0 Å². The van der Waals surface area contributed by atoms with Crippen molar-refractivity contribution in [3.63, 3.8) is 0 Å². The Balaban J connectivity index is 1.60. The van der Waals surface area contributed by atoms with Crippen LogP contribution in [-0.2, 0) is 6.54 Å². The van der Waals surface area contributed by atoms with Gasteiger partial charge in [0.25, 0.3) is 5.56 Å². The van der Waals surface area contributed by atoms with E-state index in [1.807, 2.05) is 42.1 Å². The average molecular weight is 349 g/mol. The number of thioether (sulfide) groups is 1. The quantitative estimate of drug-likeness (QED) is 0.597. The number of nitrogens with zero attached hydrogens (tertiary/aromatic N) is 2. The van der Waals surface area contributed by atoms with Gasteiger partial charge in [0.1, 0.15) is 16.9 Å². The van der Waals surface area contributed by atoms with E-state index in [1.54, 1.807) is 0 Å². The van der Waals surface area contributed by atoms with Crippen LogP contribution in [0, 0.1) is 0 Å². The summed E-state index contributed by atoms with van der Waals surface area (Å²) in [5, 5.41) is 0.874. The summed E-state index contributed by atoms with van der Waals surface area (Å²) in [7, 11) is 0. The topological polar surface area (TPSA) is 62.1 Å². The summed E-state index contributed by atoms with van der Waals surface area (Å²) in [6.45, 7) is 1.50. The summed E-state index contributed by atoms with van der Waals surface area (Å²) in [4.78, 5) is 23.5. The number of rotatable bonds is 2. The normalized spacial score (nSPS) is 14.2. The summed E-state index contributed by atoms with van der Waals surface area (Å²) < 4.78 is 5.66. The van der Waals surface area contributed by atoms with Gasteiger partial charge >= 0.3 is 0 Å². The molecule has 0 saturated carbocycles. The highest BCUT2D eigenvalue weighted by molar-refractivity contribution is 7.99. The summed E-state index contributed by atoms with van der Waals surface area (Å²) in [6, 6.07) is 16.0. The molecule has 2 aromatic heterocycles. The van der Waals surface area contributed by atoms with Gasteiger partial charge in [-0.25, -0.2) is 4.98 Å². The molecule has 4 aromatic rings. The number of hydrogen-bond donors (Lipinski definition) is 1. The smallest absolute Gasteiger partial charge is 0.294 e. The molecule has 0 unspecified atom stereocenters. The molecule has 3 heterocycles. The zero-order chi connectivity index (χ0) is 16.8. The lowest BCUT2D eigenvalue weighted by molar-refractivity contribution is 0.658. The number of benzene rings is 2. The van der Waals surface area contributed by atoms with E-state index in [2.05, 4.69) is 28.1 Å². The van der Waals surface area contributed by atoms with Crippen LogP contribution in [0.25, 0.3) is 22.1 Å². The lowest BCUT2D eigenvalue weighted by Gasteiger charge is -2.30. The van der Waals surface area contributed by atoms with Crippen LogP contribution in [-0.4, -0.2) is 22.3 Å². The van der Waals surface area contributed by atoms with E-state index >= 15 is 0 Å². The minimum Gasteiger partial charge on any atom is -0.449 e. The first kappa shape index (κ1) is 14.6. The van der Waals surface area contributed by atoms with Crippen LogP contribution in [0.15, 0.2) is 62.6 Å². The van der Waals surface area contributed by atoms with Gasteiger partial charge in [0.2, 0.25) is 5.58 Å². The van der Waals surface area contributed by atoms with Crippen molar-refractivity contribution in [1.29, 1.82) is 0 Å². The van der Waals surface area contributed by atoms with Gasteiger partial charge in [-0.15, -0.1) is 11.8 Å². The lowest BCUT2D eigenvalue weighted by Crippen LogP contribution is -2.30. The molecular weight excluding hydrogens is 334 g/mol. The highest BCUT2D eigenvalue weighted by atomic mass is 32.2. The van der Waals surface area contributed by atoms with Crippen molar-refractivity contribution in [2.24, 2.45) is 0 Å². The third-order valence-electron chi connectivity index (χ3n) is 4.45. The first-order valence-corrected chi connectivity index (χ1v) is 9.15. The molecule has 124 valence electrons. The summed E-state index contributed by atoms with van der Waals surface area (Å²) in [6.07, 6.45) is 0. The molecule has 0 fully saturated rings. The molecule has 1 aliphatic heterocycles. The van der Waals surface area contributed by atoms with Gasteiger partial charge in [-0.2, -0.15) is 0 Å². The van der Waals surface area contributed by atoms with Crippen LogP contribution in [0.2, 0.25) is 0 Å². The maximum Gasteiger partial charge on any atom is 0.294 e. The molecule has 0 aliphatic carbocycles. The van der Waals surface area contributed by atoms with Crippen LogP contribution >= 0.6 is 11.8 Å². The fourth-order valence-electron chi connectivity index (χ4n) is 3.29. The number of furan rings is 1. The summed E-state index contributed by atoms with van der Waals surface area (Å²) >= 11 is 1.86. The van der Waals surface area contributed by atoms with Crippen molar-refractivity contribution in [1.82, 2.24) is 9.97 Å². The third kappa shape index (κ3) is 2.41. The Morgan fingerprint density at radius 3 is 2.96 bits per heavy atom. The van der Waals surface area contributed by atoms with Gasteiger partial charge in [-0.3, -0.25) is 4.79 Å². The van der Waals surface area contributed by atoms with Crippen molar-refractivity contribution in [2.75, 3.05) is 17.2 Å². The van der Waals surface area contributed by atoms with Crippen molar-refractivity contribution < 1.29 is 4.42 Å². The van der Waals surface area contributed by atoms with E-state index in [4.69, 9.17) is 9.40 Å². The Kier molecular flexibility index (Phi) is 3.31. The van der Waals surface area contributed by atoms with Crippen LogP contribution in [0.1, 0.15) is 5.82 Å². The molecule has 0 saturated heterocycles. The minimum absolute atomic E-state index is 0.226. The maximum atomic E-state index is 12.4. The predicted octanol–water partition coefficient (Wildman–Crippen LogP) is 3.78. The minimum atomic E-state index is -0.226. The van der Waals surface area contributed by atoms with E-state index in [0.717, 1.165) is 17.7 Å².